The third-order valence-electron chi connectivity index (χ3n) is 4.75. The van der Waals surface area contributed by atoms with Crippen LogP contribution < -0.4 is 0 Å². The summed E-state index contributed by atoms with van der Waals surface area (Å²) in [5.41, 5.74) is 2.06. The van der Waals surface area contributed by atoms with Gasteiger partial charge in [0, 0.05) is 32.1 Å². The fourth-order valence-corrected chi connectivity index (χ4v) is 3.55. The van der Waals surface area contributed by atoms with Crippen LogP contribution in [0.5, 0.6) is 0 Å². The second-order valence-electron chi connectivity index (χ2n) is 6.43. The van der Waals surface area contributed by atoms with Crippen LogP contribution in [0.1, 0.15) is 23.6 Å². The molecule has 0 bridgehead atoms. The highest BCUT2D eigenvalue weighted by Crippen LogP contribution is 2.30. The first-order valence-corrected chi connectivity index (χ1v) is 9.24. The number of rotatable bonds is 6. The van der Waals surface area contributed by atoms with Crippen molar-refractivity contribution in [2.45, 2.75) is 12.5 Å². The van der Waals surface area contributed by atoms with Crippen molar-refractivity contribution in [1.82, 2.24) is 9.80 Å². The largest absolute Gasteiger partial charge is 0.301 e. The summed E-state index contributed by atoms with van der Waals surface area (Å²) in [5, 5.41) is 0. The van der Waals surface area contributed by atoms with Gasteiger partial charge in [0.05, 0.1) is 6.04 Å². The molecule has 0 atom stereocenters. The third-order valence-corrected chi connectivity index (χ3v) is 5.02. The Morgan fingerprint density at radius 2 is 1.28 bits per heavy atom. The van der Waals surface area contributed by atoms with Crippen molar-refractivity contribution >= 4 is 11.6 Å². The maximum atomic E-state index is 13.3. The van der Waals surface area contributed by atoms with Gasteiger partial charge in [0.2, 0.25) is 0 Å². The minimum absolute atomic E-state index is 0.0105. The minimum Gasteiger partial charge on any atom is -0.301 e. The summed E-state index contributed by atoms with van der Waals surface area (Å²) in [6.45, 7) is 4.82. The zero-order valence-electron chi connectivity index (χ0n) is 14.2. The molecule has 5 heteroatoms. The predicted molar refractivity (Wildman–Crippen MR) is 98.0 cm³/mol. The first-order valence-electron chi connectivity index (χ1n) is 8.70. The quantitative estimate of drug-likeness (QED) is 0.705. The normalized spacial score (nSPS) is 16.5. The van der Waals surface area contributed by atoms with Gasteiger partial charge in [-0.05, 0) is 48.4 Å². The molecule has 1 aliphatic rings. The summed E-state index contributed by atoms with van der Waals surface area (Å²) in [5.74, 6) is 0.202. The van der Waals surface area contributed by atoms with E-state index in [0.717, 1.165) is 50.3 Å². The van der Waals surface area contributed by atoms with Crippen molar-refractivity contribution in [1.29, 1.82) is 0 Å². The second kappa shape index (κ2) is 8.75. The van der Waals surface area contributed by atoms with Gasteiger partial charge >= 0.3 is 0 Å². The summed E-state index contributed by atoms with van der Waals surface area (Å²) >= 11 is 5.79. The van der Waals surface area contributed by atoms with E-state index in [-0.39, 0.29) is 17.7 Å². The van der Waals surface area contributed by atoms with Crippen LogP contribution in [0.4, 0.5) is 8.78 Å². The molecule has 1 saturated heterocycles. The molecule has 0 spiro atoms. The fraction of sp³-hybridized carbons (Fsp3) is 0.400. The van der Waals surface area contributed by atoms with Crippen molar-refractivity contribution in [2.75, 3.05) is 38.6 Å². The van der Waals surface area contributed by atoms with Crippen molar-refractivity contribution in [3.63, 3.8) is 0 Å². The highest BCUT2D eigenvalue weighted by atomic mass is 35.5. The van der Waals surface area contributed by atoms with Gasteiger partial charge in [-0.25, -0.2) is 8.78 Å². The number of hydrogen-bond acceptors (Lipinski definition) is 2. The molecule has 0 unspecified atom stereocenters. The van der Waals surface area contributed by atoms with E-state index in [1.165, 1.54) is 24.3 Å². The molecule has 0 amide bonds. The van der Waals surface area contributed by atoms with E-state index in [1.807, 2.05) is 24.3 Å². The van der Waals surface area contributed by atoms with Crippen molar-refractivity contribution in [3.05, 3.63) is 71.3 Å². The van der Waals surface area contributed by atoms with Gasteiger partial charge in [-0.2, -0.15) is 0 Å². The van der Waals surface area contributed by atoms with Crippen molar-refractivity contribution in [2.24, 2.45) is 0 Å². The Balaban J connectivity index is 1.80. The molecule has 3 rings (SSSR count). The molecule has 1 aliphatic heterocycles. The molecule has 2 nitrogen and oxygen atoms in total. The van der Waals surface area contributed by atoms with Crippen LogP contribution in [0.3, 0.4) is 0 Å². The first-order chi connectivity index (χ1) is 12.2. The number of alkyl halides is 1. The molecule has 0 N–H and O–H groups in total. The Morgan fingerprint density at radius 1 is 0.800 bits per heavy atom. The molecule has 2 aromatic carbocycles. The van der Waals surface area contributed by atoms with Gasteiger partial charge < -0.3 is 4.90 Å². The Morgan fingerprint density at radius 3 is 1.72 bits per heavy atom. The molecule has 1 fully saturated rings. The summed E-state index contributed by atoms with van der Waals surface area (Å²) in [6, 6.07) is 13.3. The maximum absolute atomic E-state index is 13.3. The zero-order valence-corrected chi connectivity index (χ0v) is 14.9. The summed E-state index contributed by atoms with van der Waals surface area (Å²) in [6.07, 6.45) is 1.00. The van der Waals surface area contributed by atoms with E-state index in [4.69, 9.17) is 11.6 Å². The lowest BCUT2D eigenvalue weighted by Gasteiger charge is -2.39. The van der Waals surface area contributed by atoms with Crippen LogP contribution in [0.2, 0.25) is 0 Å². The predicted octanol–water partition coefficient (Wildman–Crippen LogP) is 4.30. The third kappa shape index (κ3) is 4.78. The average Bonchev–Trinajstić information content (AvgIpc) is 2.64. The molecular weight excluding hydrogens is 342 g/mol. The average molecular weight is 365 g/mol. The van der Waals surface area contributed by atoms with E-state index < -0.39 is 0 Å². The van der Waals surface area contributed by atoms with Gasteiger partial charge in [-0.1, -0.05) is 24.3 Å². The van der Waals surface area contributed by atoms with E-state index in [0.29, 0.717) is 5.88 Å². The van der Waals surface area contributed by atoms with Crippen LogP contribution in [-0.2, 0) is 0 Å². The Labute approximate surface area is 153 Å². The van der Waals surface area contributed by atoms with E-state index in [2.05, 4.69) is 9.80 Å². The molecular formula is C20H23ClF2N2. The van der Waals surface area contributed by atoms with E-state index in [9.17, 15) is 8.78 Å². The Bertz CT molecular complexity index is 607. The van der Waals surface area contributed by atoms with Crippen LogP contribution >= 0.6 is 11.6 Å². The molecule has 0 aromatic heterocycles. The summed E-state index contributed by atoms with van der Waals surface area (Å²) in [7, 11) is 0. The molecule has 134 valence electrons. The zero-order chi connectivity index (χ0) is 17.6. The second-order valence-corrected chi connectivity index (χ2v) is 6.80. The lowest BCUT2D eigenvalue weighted by molar-refractivity contribution is 0.109. The van der Waals surface area contributed by atoms with Crippen LogP contribution in [0, 0.1) is 11.6 Å². The lowest BCUT2D eigenvalue weighted by Crippen LogP contribution is -2.48. The number of halogens is 3. The van der Waals surface area contributed by atoms with Crippen LogP contribution in [0.25, 0.3) is 0 Å². The lowest BCUT2D eigenvalue weighted by atomic mass is 9.96. The van der Waals surface area contributed by atoms with Crippen LogP contribution in [0.15, 0.2) is 48.5 Å². The minimum atomic E-state index is -0.243. The van der Waals surface area contributed by atoms with Gasteiger partial charge in [0.25, 0.3) is 0 Å². The van der Waals surface area contributed by atoms with E-state index >= 15 is 0 Å². The van der Waals surface area contributed by atoms with E-state index in [1.54, 1.807) is 0 Å². The van der Waals surface area contributed by atoms with Gasteiger partial charge in [0.1, 0.15) is 11.6 Å². The van der Waals surface area contributed by atoms with Crippen molar-refractivity contribution in [3.8, 4) is 0 Å². The molecule has 2 aromatic rings. The maximum Gasteiger partial charge on any atom is 0.123 e. The molecule has 1 heterocycles. The summed E-state index contributed by atoms with van der Waals surface area (Å²) < 4.78 is 26.7. The summed E-state index contributed by atoms with van der Waals surface area (Å²) in [4.78, 5) is 4.81. The highest BCUT2D eigenvalue weighted by molar-refractivity contribution is 6.17. The van der Waals surface area contributed by atoms with Gasteiger partial charge in [-0.15, -0.1) is 11.6 Å². The molecule has 0 aliphatic carbocycles. The number of piperazine rings is 1. The standard InChI is InChI=1S/C20H23ClF2N2/c21-10-1-11-24-12-14-25(15-13-24)20(16-2-6-18(22)7-3-16)17-4-8-19(23)9-5-17/h2-9,20H,1,10-15H2. The number of benzene rings is 2. The van der Waals surface area contributed by atoms with Crippen LogP contribution in [-0.4, -0.2) is 48.4 Å². The molecule has 0 radical (unpaired) electrons. The van der Waals surface area contributed by atoms with Gasteiger partial charge in [0.15, 0.2) is 0 Å². The topological polar surface area (TPSA) is 6.48 Å². The Kier molecular flexibility index (Phi) is 6.40. The highest BCUT2D eigenvalue weighted by Gasteiger charge is 2.26. The number of hydrogen-bond donors (Lipinski definition) is 0. The molecule has 0 saturated carbocycles. The smallest absolute Gasteiger partial charge is 0.123 e. The first kappa shape index (κ1) is 18.3. The molecule has 25 heavy (non-hydrogen) atoms. The SMILES string of the molecule is Fc1ccc(C(c2ccc(F)cc2)N2CCN(CCCCl)CC2)cc1. The van der Waals surface area contributed by atoms with Crippen molar-refractivity contribution < 1.29 is 8.78 Å². The fourth-order valence-electron chi connectivity index (χ4n) is 3.43. The van der Waals surface area contributed by atoms with Gasteiger partial charge in [-0.3, -0.25) is 4.90 Å². The Hall–Kier alpha value is -1.49. The number of nitrogens with zero attached hydrogens (tertiary/aromatic N) is 2. The monoisotopic (exact) mass is 364 g/mol.